The minimum atomic E-state index is -0.0651. The molecule has 0 radical (unpaired) electrons. The standard InChI is InChI=1S/C17H24N2O2/c1-17(2)12-19(8-9-20-17)11-14(18-3)16-10-13-6-4-5-7-15(13)21-16/h4-7,10,14,18H,8-9,11-12H2,1-3H3. The van der Waals surface area contributed by atoms with Crippen molar-refractivity contribution in [2.24, 2.45) is 0 Å². The van der Waals surface area contributed by atoms with Gasteiger partial charge in [-0.15, -0.1) is 0 Å². The molecule has 1 atom stereocenters. The van der Waals surface area contributed by atoms with Gasteiger partial charge >= 0.3 is 0 Å². The second-order valence-corrected chi connectivity index (χ2v) is 6.37. The highest BCUT2D eigenvalue weighted by atomic mass is 16.5. The number of hydrogen-bond acceptors (Lipinski definition) is 4. The van der Waals surface area contributed by atoms with Gasteiger partial charge in [-0.25, -0.2) is 0 Å². The highest BCUT2D eigenvalue weighted by Gasteiger charge is 2.29. The van der Waals surface area contributed by atoms with E-state index < -0.39 is 0 Å². The van der Waals surface area contributed by atoms with Crippen LogP contribution in [0.1, 0.15) is 25.6 Å². The maximum Gasteiger partial charge on any atom is 0.134 e. The van der Waals surface area contributed by atoms with Crippen molar-refractivity contribution >= 4 is 11.0 Å². The van der Waals surface area contributed by atoms with Gasteiger partial charge in [-0.2, -0.15) is 0 Å². The SMILES string of the molecule is CNC(CN1CCOC(C)(C)C1)c1cc2ccccc2o1. The molecule has 1 fully saturated rings. The quantitative estimate of drug-likeness (QED) is 0.939. The number of ether oxygens (including phenoxy) is 1. The van der Waals surface area contributed by atoms with Crippen LogP contribution in [0.5, 0.6) is 0 Å². The number of para-hydroxylation sites is 1. The smallest absolute Gasteiger partial charge is 0.134 e. The van der Waals surface area contributed by atoms with Crippen LogP contribution in [0.3, 0.4) is 0 Å². The zero-order chi connectivity index (χ0) is 14.9. The fourth-order valence-corrected chi connectivity index (χ4v) is 3.03. The average molecular weight is 288 g/mol. The van der Waals surface area contributed by atoms with Crippen LogP contribution in [0.15, 0.2) is 34.7 Å². The van der Waals surface area contributed by atoms with Crippen LogP contribution in [-0.2, 0) is 4.74 Å². The summed E-state index contributed by atoms with van der Waals surface area (Å²) < 4.78 is 11.8. The summed E-state index contributed by atoms with van der Waals surface area (Å²) in [6, 6.07) is 10.5. The highest BCUT2D eigenvalue weighted by Crippen LogP contribution is 2.25. The van der Waals surface area contributed by atoms with Crippen LogP contribution in [0.25, 0.3) is 11.0 Å². The molecular weight excluding hydrogens is 264 g/mol. The van der Waals surface area contributed by atoms with E-state index in [1.165, 1.54) is 0 Å². The lowest BCUT2D eigenvalue weighted by atomic mass is 10.1. The van der Waals surface area contributed by atoms with Crippen molar-refractivity contribution in [1.29, 1.82) is 0 Å². The largest absolute Gasteiger partial charge is 0.459 e. The van der Waals surface area contributed by atoms with Crippen molar-refractivity contribution in [2.45, 2.75) is 25.5 Å². The molecule has 0 spiro atoms. The maximum atomic E-state index is 5.99. The van der Waals surface area contributed by atoms with Crippen molar-refractivity contribution in [3.63, 3.8) is 0 Å². The average Bonchev–Trinajstić information content (AvgIpc) is 2.87. The Bertz CT molecular complexity index is 573. The van der Waals surface area contributed by atoms with E-state index in [1.54, 1.807) is 0 Å². The highest BCUT2D eigenvalue weighted by molar-refractivity contribution is 5.77. The molecule has 4 heteroatoms. The lowest BCUT2D eigenvalue weighted by Gasteiger charge is -2.39. The van der Waals surface area contributed by atoms with Gasteiger partial charge in [0.2, 0.25) is 0 Å². The van der Waals surface area contributed by atoms with Gasteiger partial charge in [0.1, 0.15) is 11.3 Å². The van der Waals surface area contributed by atoms with Gasteiger partial charge in [-0.1, -0.05) is 18.2 Å². The maximum absolute atomic E-state index is 5.99. The molecule has 0 aliphatic carbocycles. The van der Waals surface area contributed by atoms with Gasteiger partial charge in [0.05, 0.1) is 18.2 Å². The number of nitrogens with zero attached hydrogens (tertiary/aromatic N) is 1. The van der Waals surface area contributed by atoms with E-state index in [9.17, 15) is 0 Å². The lowest BCUT2D eigenvalue weighted by molar-refractivity contribution is -0.0879. The summed E-state index contributed by atoms with van der Waals surface area (Å²) >= 11 is 0. The number of likely N-dealkylation sites (N-methyl/N-ethyl adjacent to an activating group) is 1. The van der Waals surface area contributed by atoms with Gasteiger partial charge < -0.3 is 14.5 Å². The van der Waals surface area contributed by atoms with Crippen LogP contribution in [0.2, 0.25) is 0 Å². The molecule has 114 valence electrons. The fraction of sp³-hybridized carbons (Fsp3) is 0.529. The monoisotopic (exact) mass is 288 g/mol. The third kappa shape index (κ3) is 3.28. The van der Waals surface area contributed by atoms with Gasteiger partial charge in [-0.3, -0.25) is 4.90 Å². The predicted molar refractivity (Wildman–Crippen MR) is 84.5 cm³/mol. The first-order valence-electron chi connectivity index (χ1n) is 7.59. The van der Waals surface area contributed by atoms with E-state index >= 15 is 0 Å². The van der Waals surface area contributed by atoms with E-state index in [0.717, 1.165) is 43.0 Å². The van der Waals surface area contributed by atoms with Gasteiger partial charge in [0.15, 0.2) is 0 Å². The first-order chi connectivity index (χ1) is 10.1. The van der Waals surface area contributed by atoms with Gasteiger partial charge in [0, 0.05) is 25.0 Å². The number of furan rings is 1. The van der Waals surface area contributed by atoms with Crippen LogP contribution >= 0.6 is 0 Å². The summed E-state index contributed by atoms with van der Waals surface area (Å²) in [7, 11) is 1.99. The molecule has 1 aliphatic rings. The number of hydrogen-bond donors (Lipinski definition) is 1. The van der Waals surface area contributed by atoms with Crippen molar-refractivity contribution in [1.82, 2.24) is 10.2 Å². The molecular formula is C17H24N2O2. The summed E-state index contributed by atoms with van der Waals surface area (Å²) in [6.45, 7) is 7.95. The Morgan fingerprint density at radius 2 is 2.14 bits per heavy atom. The summed E-state index contributed by atoms with van der Waals surface area (Å²) in [5.41, 5.74) is 0.889. The Morgan fingerprint density at radius 3 is 2.86 bits per heavy atom. The van der Waals surface area contributed by atoms with Crippen molar-refractivity contribution in [3.8, 4) is 0 Å². The van der Waals surface area contributed by atoms with E-state index in [0.29, 0.717) is 0 Å². The van der Waals surface area contributed by atoms with Crippen molar-refractivity contribution in [2.75, 3.05) is 33.3 Å². The molecule has 0 amide bonds. The van der Waals surface area contributed by atoms with E-state index in [-0.39, 0.29) is 11.6 Å². The number of benzene rings is 1. The number of morpholine rings is 1. The fourth-order valence-electron chi connectivity index (χ4n) is 3.03. The number of rotatable bonds is 4. The summed E-state index contributed by atoms with van der Waals surface area (Å²) in [6.07, 6.45) is 0. The van der Waals surface area contributed by atoms with Crippen molar-refractivity contribution in [3.05, 3.63) is 36.1 Å². The third-order valence-corrected chi connectivity index (χ3v) is 4.08. The Hall–Kier alpha value is -1.36. The third-order valence-electron chi connectivity index (χ3n) is 4.08. The molecule has 0 bridgehead atoms. The van der Waals surface area contributed by atoms with Crippen LogP contribution in [0, 0.1) is 0 Å². The second-order valence-electron chi connectivity index (χ2n) is 6.37. The minimum Gasteiger partial charge on any atom is -0.459 e. The molecule has 1 aromatic carbocycles. The van der Waals surface area contributed by atoms with Gasteiger partial charge in [-0.05, 0) is 33.0 Å². The topological polar surface area (TPSA) is 37.6 Å². The molecule has 1 saturated heterocycles. The summed E-state index contributed by atoms with van der Waals surface area (Å²) in [5, 5.41) is 4.54. The zero-order valence-corrected chi connectivity index (χ0v) is 13.1. The normalized spacial score (nSPS) is 20.7. The molecule has 1 aromatic heterocycles. The van der Waals surface area contributed by atoms with E-state index in [1.807, 2.05) is 25.2 Å². The Morgan fingerprint density at radius 1 is 1.33 bits per heavy atom. The lowest BCUT2D eigenvalue weighted by Crippen LogP contribution is -2.50. The molecule has 3 rings (SSSR count). The molecule has 1 aliphatic heterocycles. The Labute approximate surface area is 126 Å². The molecule has 1 unspecified atom stereocenters. The summed E-state index contributed by atoms with van der Waals surface area (Å²) in [4.78, 5) is 2.44. The molecule has 21 heavy (non-hydrogen) atoms. The number of fused-ring (bicyclic) bond motifs is 1. The van der Waals surface area contributed by atoms with Crippen molar-refractivity contribution < 1.29 is 9.15 Å². The van der Waals surface area contributed by atoms with Crippen LogP contribution in [-0.4, -0.2) is 43.8 Å². The molecule has 4 nitrogen and oxygen atoms in total. The van der Waals surface area contributed by atoms with Gasteiger partial charge in [0.25, 0.3) is 0 Å². The van der Waals surface area contributed by atoms with Crippen LogP contribution in [0.4, 0.5) is 0 Å². The minimum absolute atomic E-state index is 0.0651. The predicted octanol–water partition coefficient (Wildman–Crippen LogP) is 2.80. The molecule has 0 saturated carbocycles. The van der Waals surface area contributed by atoms with E-state index in [2.05, 4.69) is 36.2 Å². The second kappa shape index (κ2) is 5.79. The zero-order valence-electron chi connectivity index (χ0n) is 13.1. The molecule has 1 N–H and O–H groups in total. The Kier molecular flexibility index (Phi) is 4.02. The number of nitrogens with one attached hydrogen (secondary N) is 1. The Balaban J connectivity index is 1.75. The van der Waals surface area contributed by atoms with Crippen LogP contribution < -0.4 is 5.32 Å². The molecule has 2 heterocycles. The summed E-state index contributed by atoms with van der Waals surface area (Å²) in [5.74, 6) is 1.00. The van der Waals surface area contributed by atoms with E-state index in [4.69, 9.17) is 9.15 Å². The molecule has 2 aromatic rings. The first kappa shape index (κ1) is 14.6. The first-order valence-corrected chi connectivity index (χ1v) is 7.59.